The van der Waals surface area contributed by atoms with E-state index < -0.39 is 13.0 Å². The second kappa shape index (κ2) is 9.64. The number of hydrogen-bond acceptors (Lipinski definition) is 5. The highest BCUT2D eigenvalue weighted by Gasteiger charge is 2.32. The van der Waals surface area contributed by atoms with E-state index in [1.807, 2.05) is 28.8 Å². The van der Waals surface area contributed by atoms with E-state index in [1.54, 1.807) is 18.3 Å². The first kappa shape index (κ1) is 22.2. The maximum atomic E-state index is 13.0. The van der Waals surface area contributed by atoms with Crippen LogP contribution in [-0.4, -0.2) is 59.4 Å². The Kier molecular flexibility index (Phi) is 6.69. The Morgan fingerprint density at radius 1 is 1.25 bits per heavy atom. The van der Waals surface area contributed by atoms with Crippen molar-refractivity contribution in [1.29, 1.82) is 0 Å². The van der Waals surface area contributed by atoms with E-state index in [1.165, 1.54) is 0 Å². The number of hydrogen-bond donors (Lipinski definition) is 1. The van der Waals surface area contributed by atoms with Gasteiger partial charge in [0.15, 0.2) is 5.69 Å². The fourth-order valence-electron chi connectivity index (χ4n) is 4.14. The van der Waals surface area contributed by atoms with E-state index in [2.05, 4.69) is 10.3 Å². The molecule has 1 N–H and O–H groups in total. The standard InChI is InChI=1S/C22H26F2N4O4/c1-31-16-4-2-14(3-5-16)18-11-28-13-26-20(17(28)12-32-18)22(30)27-8-6-15(7-9-27)21(29)25-10-19(23)24/h2-5,13,15,18-19H,6-12H2,1H3,(H,25,29)/t18-/m1/s1. The van der Waals surface area contributed by atoms with Gasteiger partial charge in [-0.3, -0.25) is 9.59 Å². The number of rotatable bonds is 6. The number of benzene rings is 1. The van der Waals surface area contributed by atoms with Gasteiger partial charge in [0.2, 0.25) is 5.91 Å². The van der Waals surface area contributed by atoms with Gasteiger partial charge in [-0.05, 0) is 30.5 Å². The van der Waals surface area contributed by atoms with Crippen LogP contribution in [0.4, 0.5) is 8.78 Å². The number of carbonyl (C=O) groups is 2. The molecule has 0 aliphatic carbocycles. The van der Waals surface area contributed by atoms with Crippen LogP contribution in [0.25, 0.3) is 0 Å². The molecule has 10 heteroatoms. The minimum absolute atomic E-state index is 0.145. The molecule has 2 aliphatic rings. The van der Waals surface area contributed by atoms with Gasteiger partial charge in [0.1, 0.15) is 11.9 Å². The fraction of sp³-hybridized carbons (Fsp3) is 0.500. The van der Waals surface area contributed by atoms with Crippen LogP contribution in [0.3, 0.4) is 0 Å². The Labute approximate surface area is 184 Å². The molecular formula is C22H26F2N4O4. The van der Waals surface area contributed by atoms with Crippen LogP contribution in [0.2, 0.25) is 0 Å². The molecule has 2 aromatic rings. The third-order valence-corrected chi connectivity index (χ3v) is 6.00. The van der Waals surface area contributed by atoms with Crippen molar-refractivity contribution < 1.29 is 27.8 Å². The zero-order chi connectivity index (χ0) is 22.7. The Morgan fingerprint density at radius 2 is 1.97 bits per heavy atom. The van der Waals surface area contributed by atoms with Gasteiger partial charge >= 0.3 is 0 Å². The van der Waals surface area contributed by atoms with Crippen molar-refractivity contribution in [2.75, 3.05) is 26.7 Å². The summed E-state index contributed by atoms with van der Waals surface area (Å²) < 4.78 is 37.7. The number of halogens is 2. The third-order valence-electron chi connectivity index (χ3n) is 6.00. The predicted octanol–water partition coefficient (Wildman–Crippen LogP) is 2.40. The maximum absolute atomic E-state index is 13.0. The van der Waals surface area contributed by atoms with Crippen LogP contribution in [0.5, 0.6) is 5.75 Å². The lowest BCUT2D eigenvalue weighted by atomic mass is 9.95. The predicted molar refractivity (Wildman–Crippen MR) is 110 cm³/mol. The zero-order valence-corrected chi connectivity index (χ0v) is 17.8. The zero-order valence-electron chi connectivity index (χ0n) is 17.8. The van der Waals surface area contributed by atoms with Crippen LogP contribution in [-0.2, 0) is 22.7 Å². The quantitative estimate of drug-likeness (QED) is 0.734. The summed E-state index contributed by atoms with van der Waals surface area (Å²) in [4.78, 5) is 31.0. The second-order valence-electron chi connectivity index (χ2n) is 7.97. The summed E-state index contributed by atoms with van der Waals surface area (Å²) in [5.41, 5.74) is 2.11. The van der Waals surface area contributed by atoms with E-state index in [0.717, 1.165) is 17.0 Å². The first-order valence-electron chi connectivity index (χ1n) is 10.6. The number of carbonyl (C=O) groups excluding carboxylic acids is 2. The van der Waals surface area contributed by atoms with E-state index in [-0.39, 0.29) is 30.4 Å². The fourth-order valence-corrected chi connectivity index (χ4v) is 4.14. The minimum atomic E-state index is -2.57. The number of nitrogens with zero attached hydrogens (tertiary/aromatic N) is 3. The molecule has 172 valence electrons. The van der Waals surface area contributed by atoms with Crippen molar-refractivity contribution in [3.8, 4) is 5.75 Å². The molecule has 1 aromatic carbocycles. The van der Waals surface area contributed by atoms with Gasteiger partial charge in [0, 0.05) is 19.0 Å². The average molecular weight is 448 g/mol. The molecule has 0 saturated carbocycles. The molecule has 0 spiro atoms. The number of methoxy groups -OCH3 is 1. The number of amides is 2. The summed E-state index contributed by atoms with van der Waals surface area (Å²) in [7, 11) is 1.62. The van der Waals surface area contributed by atoms with Crippen LogP contribution in [0.1, 0.15) is 40.7 Å². The molecule has 1 atom stereocenters. The number of alkyl halides is 2. The maximum Gasteiger partial charge on any atom is 0.274 e. The van der Waals surface area contributed by atoms with Crippen molar-refractivity contribution in [3.63, 3.8) is 0 Å². The Balaban J connectivity index is 1.35. The van der Waals surface area contributed by atoms with Crippen molar-refractivity contribution in [2.45, 2.75) is 38.5 Å². The average Bonchev–Trinajstić information content (AvgIpc) is 3.25. The topological polar surface area (TPSA) is 85.7 Å². The molecule has 1 saturated heterocycles. The number of nitrogens with one attached hydrogen (secondary N) is 1. The van der Waals surface area contributed by atoms with Crippen molar-refractivity contribution >= 4 is 11.8 Å². The van der Waals surface area contributed by atoms with Crippen molar-refractivity contribution in [2.24, 2.45) is 5.92 Å². The lowest BCUT2D eigenvalue weighted by Crippen LogP contribution is -2.44. The van der Waals surface area contributed by atoms with Crippen LogP contribution < -0.4 is 10.1 Å². The number of imidazole rings is 1. The molecule has 3 heterocycles. The molecule has 1 aromatic heterocycles. The van der Waals surface area contributed by atoms with Crippen molar-refractivity contribution in [3.05, 3.63) is 47.5 Å². The number of likely N-dealkylation sites (tertiary alicyclic amines) is 1. The number of fused-ring (bicyclic) bond motifs is 1. The van der Waals surface area contributed by atoms with E-state index in [0.29, 0.717) is 38.2 Å². The van der Waals surface area contributed by atoms with Gasteiger partial charge in [0.25, 0.3) is 12.3 Å². The van der Waals surface area contributed by atoms with Gasteiger partial charge in [-0.1, -0.05) is 12.1 Å². The van der Waals surface area contributed by atoms with Gasteiger partial charge < -0.3 is 24.3 Å². The minimum Gasteiger partial charge on any atom is -0.497 e. The molecule has 2 aliphatic heterocycles. The second-order valence-corrected chi connectivity index (χ2v) is 7.97. The highest BCUT2D eigenvalue weighted by molar-refractivity contribution is 5.93. The van der Waals surface area contributed by atoms with E-state index >= 15 is 0 Å². The first-order chi connectivity index (χ1) is 15.5. The van der Waals surface area contributed by atoms with E-state index in [9.17, 15) is 18.4 Å². The van der Waals surface area contributed by atoms with Gasteiger partial charge in [-0.2, -0.15) is 0 Å². The third kappa shape index (κ3) is 4.74. The highest BCUT2D eigenvalue weighted by Crippen LogP contribution is 2.29. The summed E-state index contributed by atoms with van der Waals surface area (Å²) in [5.74, 6) is -0.162. The lowest BCUT2D eigenvalue weighted by Gasteiger charge is -2.31. The summed E-state index contributed by atoms with van der Waals surface area (Å²) >= 11 is 0. The number of aromatic nitrogens is 2. The molecule has 1 fully saturated rings. The molecule has 0 unspecified atom stereocenters. The summed E-state index contributed by atoms with van der Waals surface area (Å²) in [6.45, 7) is 0.940. The largest absolute Gasteiger partial charge is 0.497 e. The van der Waals surface area contributed by atoms with Crippen LogP contribution in [0.15, 0.2) is 30.6 Å². The molecule has 0 radical (unpaired) electrons. The normalized spacial score (nSPS) is 19.0. The molecule has 32 heavy (non-hydrogen) atoms. The van der Waals surface area contributed by atoms with Gasteiger partial charge in [-0.25, -0.2) is 13.8 Å². The Hall–Kier alpha value is -3.01. The lowest BCUT2D eigenvalue weighted by molar-refractivity contribution is -0.126. The first-order valence-corrected chi connectivity index (χ1v) is 10.6. The summed E-state index contributed by atoms with van der Waals surface area (Å²) in [5, 5.41) is 2.26. The Bertz CT molecular complexity index is 955. The number of ether oxygens (including phenoxy) is 2. The highest BCUT2D eigenvalue weighted by atomic mass is 19.3. The summed E-state index contributed by atoms with van der Waals surface area (Å²) in [6.07, 6.45) is -0.182. The van der Waals surface area contributed by atoms with Crippen LogP contribution in [0, 0.1) is 5.92 Å². The van der Waals surface area contributed by atoms with Crippen molar-refractivity contribution in [1.82, 2.24) is 19.8 Å². The molecule has 2 amide bonds. The Morgan fingerprint density at radius 3 is 2.62 bits per heavy atom. The molecule has 0 bridgehead atoms. The van der Waals surface area contributed by atoms with Gasteiger partial charge in [0.05, 0.1) is 38.8 Å². The SMILES string of the molecule is COc1ccc([C@H]2Cn3cnc(C(=O)N4CCC(C(=O)NCC(F)F)CC4)c3CO2)cc1. The smallest absolute Gasteiger partial charge is 0.274 e. The number of piperidine rings is 1. The molecular weight excluding hydrogens is 422 g/mol. The van der Waals surface area contributed by atoms with Gasteiger partial charge in [-0.15, -0.1) is 0 Å². The monoisotopic (exact) mass is 448 g/mol. The molecule has 8 nitrogen and oxygen atoms in total. The summed E-state index contributed by atoms with van der Waals surface area (Å²) in [6, 6.07) is 7.68. The molecule has 4 rings (SSSR count). The van der Waals surface area contributed by atoms with E-state index in [4.69, 9.17) is 9.47 Å². The van der Waals surface area contributed by atoms with Crippen LogP contribution >= 0.6 is 0 Å².